The summed E-state index contributed by atoms with van der Waals surface area (Å²) in [5, 5.41) is 0. The Bertz CT molecular complexity index is 548. The minimum atomic E-state index is -0.502. The van der Waals surface area contributed by atoms with Gasteiger partial charge in [0.1, 0.15) is 5.60 Å². The summed E-state index contributed by atoms with van der Waals surface area (Å²) in [5.41, 5.74) is -0.502. The van der Waals surface area contributed by atoms with Gasteiger partial charge in [-0.1, -0.05) is 39.0 Å². The van der Waals surface area contributed by atoms with Crippen molar-refractivity contribution in [3.63, 3.8) is 0 Å². The highest BCUT2D eigenvalue weighted by Gasteiger charge is 2.19. The van der Waals surface area contributed by atoms with E-state index in [0.717, 1.165) is 13.0 Å². The Labute approximate surface area is 249 Å². The Hall–Kier alpha value is -1.05. The second-order valence-electron chi connectivity index (χ2n) is 10.6. The molecule has 0 saturated carbocycles. The van der Waals surface area contributed by atoms with Crippen molar-refractivity contribution >= 4 is 6.09 Å². The first-order valence-electron chi connectivity index (χ1n) is 15.4. The Kier molecular flexibility index (Phi) is 29.6. The molecule has 11 nitrogen and oxygen atoms in total. The predicted octanol–water partition coefficient (Wildman–Crippen LogP) is 4.35. The van der Waals surface area contributed by atoms with Crippen LogP contribution in [0.5, 0.6) is 0 Å². The highest BCUT2D eigenvalue weighted by atomic mass is 16.6. The molecule has 0 aromatic carbocycles. The van der Waals surface area contributed by atoms with Crippen LogP contribution in [0, 0.1) is 0 Å². The van der Waals surface area contributed by atoms with Gasteiger partial charge >= 0.3 is 6.09 Å². The number of nitrogens with zero attached hydrogens (tertiary/aromatic N) is 1. The first kappa shape index (κ1) is 40.0. The Morgan fingerprint density at radius 3 is 1.17 bits per heavy atom. The van der Waals surface area contributed by atoms with Gasteiger partial charge < -0.3 is 47.5 Å². The van der Waals surface area contributed by atoms with E-state index in [2.05, 4.69) is 6.92 Å². The molecule has 1 amide bonds. The lowest BCUT2D eigenvalue weighted by Crippen LogP contribution is -2.36. The lowest BCUT2D eigenvalue weighted by molar-refractivity contribution is -0.0236. The van der Waals surface area contributed by atoms with E-state index in [0.29, 0.717) is 106 Å². The number of ether oxygens (including phenoxy) is 9. The average molecular weight is 596 g/mol. The molecule has 0 aliphatic carbocycles. The topological polar surface area (TPSA) is 103 Å². The van der Waals surface area contributed by atoms with Gasteiger partial charge in [-0.25, -0.2) is 4.79 Å². The standard InChI is InChI=1S/C30H61NO10/c1-6-7-8-9-10-11-13-33-15-17-35-19-21-37-23-25-39-27-28-40-26-24-38-22-20-36-18-16-34-14-12-31(5)29(32)41-30(2,3)4/h6-28H2,1-5H3. The zero-order valence-electron chi connectivity index (χ0n) is 26.8. The number of likely N-dealkylation sites (N-methyl/N-ethyl adjacent to an activating group) is 1. The van der Waals surface area contributed by atoms with Crippen LogP contribution in [-0.2, 0) is 42.6 Å². The minimum absolute atomic E-state index is 0.358. The van der Waals surface area contributed by atoms with Crippen LogP contribution in [0.15, 0.2) is 0 Å². The van der Waals surface area contributed by atoms with Gasteiger partial charge in [-0.2, -0.15) is 0 Å². The van der Waals surface area contributed by atoms with E-state index in [9.17, 15) is 4.79 Å². The molecule has 0 N–H and O–H groups in total. The Morgan fingerprint density at radius 1 is 0.488 bits per heavy atom. The van der Waals surface area contributed by atoms with E-state index < -0.39 is 5.60 Å². The number of carbonyl (C=O) groups is 1. The van der Waals surface area contributed by atoms with Crippen LogP contribution in [0.25, 0.3) is 0 Å². The molecule has 41 heavy (non-hydrogen) atoms. The van der Waals surface area contributed by atoms with Crippen molar-refractivity contribution in [1.82, 2.24) is 4.90 Å². The summed E-state index contributed by atoms with van der Waals surface area (Å²) in [6, 6.07) is 0. The molecule has 0 unspecified atom stereocenters. The maximum absolute atomic E-state index is 11.8. The fourth-order valence-electron chi connectivity index (χ4n) is 3.26. The van der Waals surface area contributed by atoms with Gasteiger partial charge in [-0.15, -0.1) is 0 Å². The van der Waals surface area contributed by atoms with Gasteiger partial charge in [-0.05, 0) is 27.2 Å². The summed E-state index contributed by atoms with van der Waals surface area (Å²) in [6.07, 6.45) is 7.32. The van der Waals surface area contributed by atoms with E-state index in [1.54, 1.807) is 7.05 Å². The van der Waals surface area contributed by atoms with Crippen molar-refractivity contribution in [2.75, 3.05) is 119 Å². The first-order valence-corrected chi connectivity index (χ1v) is 15.4. The smallest absolute Gasteiger partial charge is 0.410 e. The average Bonchev–Trinajstić information content (AvgIpc) is 2.93. The fourth-order valence-corrected chi connectivity index (χ4v) is 3.26. The predicted molar refractivity (Wildman–Crippen MR) is 159 cm³/mol. The Balaban J connectivity index is 3.15. The summed E-state index contributed by atoms with van der Waals surface area (Å²) in [4.78, 5) is 13.3. The first-order chi connectivity index (χ1) is 19.9. The molecule has 0 spiro atoms. The normalized spacial score (nSPS) is 11.7. The van der Waals surface area contributed by atoms with Crippen LogP contribution in [-0.4, -0.2) is 136 Å². The molecule has 0 heterocycles. The quantitative estimate of drug-likeness (QED) is 0.108. The third-order valence-corrected chi connectivity index (χ3v) is 5.52. The second-order valence-corrected chi connectivity index (χ2v) is 10.6. The molecule has 0 fully saturated rings. The molecule has 0 aliphatic heterocycles. The molecule has 0 radical (unpaired) electrons. The lowest BCUT2D eigenvalue weighted by atomic mass is 10.1. The Morgan fingerprint density at radius 2 is 0.805 bits per heavy atom. The summed E-state index contributed by atoms with van der Waals surface area (Å²) < 4.78 is 49.2. The van der Waals surface area contributed by atoms with Crippen LogP contribution in [0.1, 0.15) is 66.2 Å². The van der Waals surface area contributed by atoms with E-state index in [4.69, 9.17) is 42.6 Å². The summed E-state index contributed by atoms with van der Waals surface area (Å²) >= 11 is 0. The number of hydrogen-bond acceptors (Lipinski definition) is 10. The fraction of sp³-hybridized carbons (Fsp3) is 0.967. The molecule has 246 valence electrons. The monoisotopic (exact) mass is 595 g/mol. The van der Waals surface area contributed by atoms with Crippen LogP contribution in [0.3, 0.4) is 0 Å². The number of unbranched alkanes of at least 4 members (excludes halogenated alkanes) is 5. The van der Waals surface area contributed by atoms with Gasteiger partial charge in [0.25, 0.3) is 0 Å². The number of amides is 1. The largest absolute Gasteiger partial charge is 0.444 e. The number of hydrogen-bond donors (Lipinski definition) is 0. The molecule has 11 heteroatoms. The van der Waals surface area contributed by atoms with Crippen LogP contribution >= 0.6 is 0 Å². The van der Waals surface area contributed by atoms with Gasteiger partial charge in [0, 0.05) is 20.2 Å². The van der Waals surface area contributed by atoms with Crippen LogP contribution in [0.2, 0.25) is 0 Å². The molecule has 0 bridgehead atoms. The zero-order chi connectivity index (χ0) is 30.3. The summed E-state index contributed by atoms with van der Waals surface area (Å²) in [6.45, 7) is 16.9. The van der Waals surface area contributed by atoms with E-state index >= 15 is 0 Å². The van der Waals surface area contributed by atoms with Crippen LogP contribution < -0.4 is 0 Å². The highest BCUT2D eigenvalue weighted by Crippen LogP contribution is 2.08. The molecule has 0 aromatic heterocycles. The third-order valence-electron chi connectivity index (χ3n) is 5.52. The maximum Gasteiger partial charge on any atom is 0.410 e. The zero-order valence-corrected chi connectivity index (χ0v) is 26.8. The molecule has 0 saturated heterocycles. The molecular formula is C30H61NO10. The lowest BCUT2D eigenvalue weighted by Gasteiger charge is -2.24. The van der Waals surface area contributed by atoms with Gasteiger partial charge in [0.15, 0.2) is 0 Å². The maximum atomic E-state index is 11.8. The van der Waals surface area contributed by atoms with E-state index in [1.807, 2.05) is 20.8 Å². The van der Waals surface area contributed by atoms with Gasteiger partial charge in [0.2, 0.25) is 0 Å². The van der Waals surface area contributed by atoms with Crippen molar-refractivity contribution in [1.29, 1.82) is 0 Å². The molecule has 0 aromatic rings. The number of rotatable bonds is 31. The van der Waals surface area contributed by atoms with Gasteiger partial charge in [0.05, 0.1) is 99.1 Å². The van der Waals surface area contributed by atoms with E-state index in [1.165, 1.54) is 37.0 Å². The SMILES string of the molecule is CCCCCCCCOCCOCCOCCOCCOCCOCCOCCOCCN(C)C(=O)OC(C)(C)C. The van der Waals surface area contributed by atoms with Crippen molar-refractivity contribution in [3.05, 3.63) is 0 Å². The van der Waals surface area contributed by atoms with Gasteiger partial charge in [-0.3, -0.25) is 0 Å². The van der Waals surface area contributed by atoms with Crippen LogP contribution in [0.4, 0.5) is 4.79 Å². The third kappa shape index (κ3) is 33.3. The van der Waals surface area contributed by atoms with Crippen molar-refractivity contribution in [2.45, 2.75) is 71.8 Å². The molecular weight excluding hydrogens is 534 g/mol. The van der Waals surface area contributed by atoms with Crippen molar-refractivity contribution in [2.24, 2.45) is 0 Å². The highest BCUT2D eigenvalue weighted by molar-refractivity contribution is 5.67. The van der Waals surface area contributed by atoms with E-state index in [-0.39, 0.29) is 6.09 Å². The molecule has 0 rings (SSSR count). The summed E-state index contributed by atoms with van der Waals surface area (Å²) in [7, 11) is 1.69. The minimum Gasteiger partial charge on any atom is -0.444 e. The molecule has 0 aliphatic rings. The molecule has 0 atom stereocenters. The van der Waals surface area contributed by atoms with Crippen molar-refractivity contribution in [3.8, 4) is 0 Å². The second kappa shape index (κ2) is 30.4. The number of carbonyl (C=O) groups excluding carboxylic acids is 1. The summed E-state index contributed by atoms with van der Waals surface area (Å²) in [5.74, 6) is 0. The van der Waals surface area contributed by atoms with Crippen molar-refractivity contribution < 1.29 is 47.4 Å².